The van der Waals surface area contributed by atoms with Gasteiger partial charge in [0, 0.05) is 15.9 Å². The van der Waals surface area contributed by atoms with Gasteiger partial charge >= 0.3 is 0 Å². The lowest BCUT2D eigenvalue weighted by molar-refractivity contribution is -0.118. The SMILES string of the molecule is Cc1ccc(CNC(=O)CSc2ccc(Br)cc2C)cc1. The molecule has 21 heavy (non-hydrogen) atoms. The quantitative estimate of drug-likeness (QED) is 0.793. The zero-order valence-electron chi connectivity index (χ0n) is 12.2. The third-order valence-corrected chi connectivity index (χ3v) is 4.77. The molecular weight excluding hydrogens is 346 g/mol. The van der Waals surface area contributed by atoms with Crippen LogP contribution in [0, 0.1) is 13.8 Å². The number of carbonyl (C=O) groups is 1. The highest BCUT2D eigenvalue weighted by Crippen LogP contribution is 2.25. The molecule has 0 heterocycles. The molecule has 2 aromatic carbocycles. The van der Waals surface area contributed by atoms with E-state index in [1.165, 1.54) is 11.1 Å². The van der Waals surface area contributed by atoms with Crippen LogP contribution >= 0.6 is 27.7 Å². The van der Waals surface area contributed by atoms with Crippen LogP contribution in [0.2, 0.25) is 0 Å². The van der Waals surface area contributed by atoms with Gasteiger partial charge in [0.1, 0.15) is 0 Å². The molecule has 2 rings (SSSR count). The van der Waals surface area contributed by atoms with Gasteiger partial charge in [0.2, 0.25) is 5.91 Å². The maximum Gasteiger partial charge on any atom is 0.230 e. The van der Waals surface area contributed by atoms with Gasteiger partial charge in [-0.05, 0) is 43.2 Å². The summed E-state index contributed by atoms with van der Waals surface area (Å²) in [4.78, 5) is 13.0. The van der Waals surface area contributed by atoms with Crippen LogP contribution < -0.4 is 5.32 Å². The molecule has 4 heteroatoms. The van der Waals surface area contributed by atoms with Gasteiger partial charge in [-0.2, -0.15) is 0 Å². The molecule has 0 aromatic heterocycles. The van der Waals surface area contributed by atoms with Gasteiger partial charge in [-0.1, -0.05) is 45.8 Å². The van der Waals surface area contributed by atoms with Gasteiger partial charge < -0.3 is 5.32 Å². The highest BCUT2D eigenvalue weighted by Gasteiger charge is 2.05. The zero-order valence-corrected chi connectivity index (χ0v) is 14.6. The molecule has 0 atom stereocenters. The molecule has 0 unspecified atom stereocenters. The minimum absolute atomic E-state index is 0.0582. The van der Waals surface area contributed by atoms with E-state index in [4.69, 9.17) is 0 Å². The second-order valence-corrected chi connectivity index (χ2v) is 6.89. The van der Waals surface area contributed by atoms with Crippen LogP contribution in [0.1, 0.15) is 16.7 Å². The molecule has 2 aromatic rings. The lowest BCUT2D eigenvalue weighted by Crippen LogP contribution is -2.24. The summed E-state index contributed by atoms with van der Waals surface area (Å²) in [5, 5.41) is 2.95. The highest BCUT2D eigenvalue weighted by atomic mass is 79.9. The zero-order chi connectivity index (χ0) is 15.2. The Morgan fingerprint density at radius 2 is 1.86 bits per heavy atom. The number of rotatable bonds is 5. The molecule has 0 saturated carbocycles. The average Bonchev–Trinajstić information content (AvgIpc) is 2.46. The van der Waals surface area contributed by atoms with E-state index in [1.54, 1.807) is 11.8 Å². The molecule has 0 fully saturated rings. The van der Waals surface area contributed by atoms with Crippen LogP contribution in [0.5, 0.6) is 0 Å². The molecule has 0 bridgehead atoms. The van der Waals surface area contributed by atoms with E-state index < -0.39 is 0 Å². The van der Waals surface area contributed by atoms with E-state index in [0.717, 1.165) is 14.9 Å². The molecule has 0 saturated heterocycles. The number of aryl methyl sites for hydroxylation is 2. The molecule has 0 aliphatic heterocycles. The summed E-state index contributed by atoms with van der Waals surface area (Å²) in [6.07, 6.45) is 0. The second-order valence-electron chi connectivity index (χ2n) is 4.96. The molecule has 0 aliphatic rings. The summed E-state index contributed by atoms with van der Waals surface area (Å²) < 4.78 is 1.06. The molecule has 2 nitrogen and oxygen atoms in total. The number of carbonyl (C=O) groups excluding carboxylic acids is 1. The van der Waals surface area contributed by atoms with E-state index >= 15 is 0 Å². The van der Waals surface area contributed by atoms with Crippen molar-refractivity contribution in [2.75, 3.05) is 5.75 Å². The van der Waals surface area contributed by atoms with Crippen molar-refractivity contribution in [3.8, 4) is 0 Å². The first-order valence-electron chi connectivity index (χ1n) is 6.76. The van der Waals surface area contributed by atoms with Crippen LogP contribution in [-0.2, 0) is 11.3 Å². The number of amides is 1. The Morgan fingerprint density at radius 1 is 1.14 bits per heavy atom. The fraction of sp³-hybridized carbons (Fsp3) is 0.235. The summed E-state index contributed by atoms with van der Waals surface area (Å²) in [7, 11) is 0. The number of thioether (sulfide) groups is 1. The minimum atomic E-state index is 0.0582. The molecule has 1 N–H and O–H groups in total. The van der Waals surface area contributed by atoms with E-state index in [1.807, 2.05) is 24.3 Å². The Balaban J connectivity index is 1.80. The van der Waals surface area contributed by atoms with Gasteiger partial charge in [0.05, 0.1) is 5.75 Å². The third-order valence-electron chi connectivity index (χ3n) is 3.11. The standard InChI is InChI=1S/C17H18BrNOS/c1-12-3-5-14(6-4-12)10-19-17(20)11-21-16-8-7-15(18)9-13(16)2/h3-9H,10-11H2,1-2H3,(H,19,20). The van der Waals surface area contributed by atoms with E-state index in [-0.39, 0.29) is 5.91 Å². The number of halogens is 1. The summed E-state index contributed by atoms with van der Waals surface area (Å²) in [6.45, 7) is 4.69. The van der Waals surface area contributed by atoms with Crippen LogP contribution in [0.3, 0.4) is 0 Å². The maximum atomic E-state index is 11.9. The molecule has 0 spiro atoms. The monoisotopic (exact) mass is 363 g/mol. The molecular formula is C17H18BrNOS. The number of hydrogen-bond acceptors (Lipinski definition) is 2. The first-order valence-corrected chi connectivity index (χ1v) is 8.53. The van der Waals surface area contributed by atoms with Gasteiger partial charge in [-0.15, -0.1) is 11.8 Å². The summed E-state index contributed by atoms with van der Waals surface area (Å²) >= 11 is 5.01. The lowest BCUT2D eigenvalue weighted by Gasteiger charge is -2.07. The minimum Gasteiger partial charge on any atom is -0.351 e. The van der Waals surface area contributed by atoms with Crippen molar-refractivity contribution in [1.82, 2.24) is 5.32 Å². The normalized spacial score (nSPS) is 10.4. The van der Waals surface area contributed by atoms with Crippen LogP contribution in [0.15, 0.2) is 51.8 Å². The van der Waals surface area contributed by atoms with Crippen molar-refractivity contribution in [3.63, 3.8) is 0 Å². The van der Waals surface area contributed by atoms with Crippen molar-refractivity contribution >= 4 is 33.6 Å². The summed E-state index contributed by atoms with van der Waals surface area (Å²) in [5.41, 5.74) is 3.53. The summed E-state index contributed by atoms with van der Waals surface area (Å²) in [6, 6.07) is 14.3. The number of nitrogens with one attached hydrogen (secondary N) is 1. The van der Waals surface area contributed by atoms with E-state index in [9.17, 15) is 4.79 Å². The third kappa shape index (κ3) is 5.21. The van der Waals surface area contributed by atoms with Gasteiger partial charge in [-0.3, -0.25) is 4.79 Å². The number of benzene rings is 2. The Labute approximate surface area is 138 Å². The fourth-order valence-corrected chi connectivity index (χ4v) is 3.19. The predicted octanol–water partition coefficient (Wildman–Crippen LogP) is 4.47. The lowest BCUT2D eigenvalue weighted by atomic mass is 10.1. The largest absolute Gasteiger partial charge is 0.351 e. The molecule has 0 aliphatic carbocycles. The molecule has 0 radical (unpaired) electrons. The van der Waals surface area contributed by atoms with E-state index in [2.05, 4.69) is 53.3 Å². The first-order chi connectivity index (χ1) is 10.0. The maximum absolute atomic E-state index is 11.9. The Bertz CT molecular complexity index is 625. The van der Waals surface area contributed by atoms with Crippen LogP contribution in [0.4, 0.5) is 0 Å². The van der Waals surface area contributed by atoms with Gasteiger partial charge in [0.15, 0.2) is 0 Å². The summed E-state index contributed by atoms with van der Waals surface area (Å²) in [5.74, 6) is 0.497. The smallest absolute Gasteiger partial charge is 0.230 e. The van der Waals surface area contributed by atoms with Gasteiger partial charge in [0.25, 0.3) is 0 Å². The van der Waals surface area contributed by atoms with Crippen LogP contribution in [-0.4, -0.2) is 11.7 Å². The van der Waals surface area contributed by atoms with Crippen molar-refractivity contribution in [1.29, 1.82) is 0 Å². The Morgan fingerprint density at radius 3 is 2.52 bits per heavy atom. The van der Waals surface area contributed by atoms with Crippen molar-refractivity contribution < 1.29 is 4.79 Å². The Hall–Kier alpha value is -1.26. The molecule has 110 valence electrons. The molecule has 1 amide bonds. The van der Waals surface area contributed by atoms with Crippen molar-refractivity contribution in [2.24, 2.45) is 0 Å². The predicted molar refractivity (Wildman–Crippen MR) is 92.6 cm³/mol. The van der Waals surface area contributed by atoms with Crippen molar-refractivity contribution in [3.05, 3.63) is 63.6 Å². The topological polar surface area (TPSA) is 29.1 Å². The Kier molecular flexibility index (Phi) is 5.88. The second kappa shape index (κ2) is 7.66. The number of hydrogen-bond donors (Lipinski definition) is 1. The first kappa shape index (κ1) is 16.1. The van der Waals surface area contributed by atoms with Gasteiger partial charge in [-0.25, -0.2) is 0 Å². The highest BCUT2D eigenvalue weighted by molar-refractivity contribution is 9.10. The van der Waals surface area contributed by atoms with Crippen LogP contribution in [0.25, 0.3) is 0 Å². The van der Waals surface area contributed by atoms with E-state index in [0.29, 0.717) is 12.3 Å². The fourth-order valence-electron chi connectivity index (χ4n) is 1.88. The average molecular weight is 364 g/mol. The van der Waals surface area contributed by atoms with Crippen molar-refractivity contribution in [2.45, 2.75) is 25.3 Å².